The van der Waals surface area contributed by atoms with E-state index in [2.05, 4.69) is 11.1 Å². The van der Waals surface area contributed by atoms with Crippen LogP contribution in [0.1, 0.15) is 16.8 Å². The van der Waals surface area contributed by atoms with Crippen LogP contribution in [0.3, 0.4) is 0 Å². The third kappa shape index (κ3) is 2.97. The van der Waals surface area contributed by atoms with E-state index < -0.39 is 0 Å². The molecule has 0 aliphatic heterocycles. The summed E-state index contributed by atoms with van der Waals surface area (Å²) < 4.78 is 0. The van der Waals surface area contributed by atoms with Crippen LogP contribution in [0, 0.1) is 18.3 Å². The van der Waals surface area contributed by atoms with Crippen molar-refractivity contribution in [1.29, 1.82) is 5.26 Å². The van der Waals surface area contributed by atoms with Gasteiger partial charge in [0.25, 0.3) is 0 Å². The number of halogens is 1. The van der Waals surface area contributed by atoms with Gasteiger partial charge in [0.1, 0.15) is 11.2 Å². The van der Waals surface area contributed by atoms with Gasteiger partial charge >= 0.3 is 0 Å². The zero-order valence-corrected chi connectivity index (χ0v) is 9.71. The summed E-state index contributed by atoms with van der Waals surface area (Å²) in [6, 6.07) is 3.89. The van der Waals surface area contributed by atoms with E-state index in [1.165, 1.54) is 0 Å². The van der Waals surface area contributed by atoms with E-state index in [1.54, 1.807) is 0 Å². The Morgan fingerprint density at radius 3 is 2.73 bits per heavy atom. The van der Waals surface area contributed by atoms with Crippen LogP contribution >= 0.6 is 11.6 Å². The van der Waals surface area contributed by atoms with Crippen molar-refractivity contribution in [3.63, 3.8) is 0 Å². The molecule has 0 fully saturated rings. The van der Waals surface area contributed by atoms with Gasteiger partial charge in [-0.1, -0.05) is 11.6 Å². The van der Waals surface area contributed by atoms with E-state index in [-0.39, 0.29) is 5.15 Å². The maximum absolute atomic E-state index is 8.93. The number of pyridine rings is 1. The highest BCUT2D eigenvalue weighted by molar-refractivity contribution is 6.30. The van der Waals surface area contributed by atoms with E-state index in [9.17, 15) is 0 Å². The first kappa shape index (κ1) is 11.5. The molecule has 3 nitrogen and oxygen atoms in total. The molecule has 15 heavy (non-hydrogen) atoms. The number of hydrogen-bond acceptors (Lipinski definition) is 3. The second-order valence-electron chi connectivity index (χ2n) is 3.41. The minimum absolute atomic E-state index is 0.260. The van der Waals surface area contributed by atoms with Gasteiger partial charge in [-0.3, -0.25) is 0 Å². The Morgan fingerprint density at radius 2 is 2.20 bits per heavy atom. The topological polar surface area (TPSA) is 39.9 Å². The highest BCUT2D eigenvalue weighted by Gasteiger charge is 2.06. The highest BCUT2D eigenvalue weighted by atomic mass is 35.5. The molecule has 0 radical (unpaired) electrons. The summed E-state index contributed by atoms with van der Waals surface area (Å²) in [7, 11) is 3.83. The van der Waals surface area contributed by atoms with Crippen molar-refractivity contribution in [3.8, 4) is 6.07 Å². The third-order valence-corrected chi connectivity index (χ3v) is 2.07. The van der Waals surface area contributed by atoms with Crippen molar-refractivity contribution < 1.29 is 0 Å². The minimum atomic E-state index is 0.260. The van der Waals surface area contributed by atoms with Crippen LogP contribution in [0.5, 0.6) is 0 Å². The molecule has 0 aliphatic rings. The summed E-state index contributed by atoms with van der Waals surface area (Å²) in [5.74, 6) is 0. The summed E-state index contributed by atoms with van der Waals surface area (Å²) in [5, 5.41) is 9.19. The fourth-order valence-corrected chi connectivity index (χ4v) is 1.42. The van der Waals surface area contributed by atoms with E-state index in [0.717, 1.165) is 11.3 Å². The highest BCUT2D eigenvalue weighted by Crippen LogP contribution is 2.19. The molecule has 0 aromatic carbocycles. The van der Waals surface area contributed by atoms with E-state index in [1.807, 2.05) is 44.3 Å². The second kappa shape index (κ2) is 4.81. The van der Waals surface area contributed by atoms with Crippen molar-refractivity contribution in [2.45, 2.75) is 6.92 Å². The normalized spacial score (nSPS) is 10.3. The molecule has 0 amide bonds. The van der Waals surface area contributed by atoms with E-state index in [0.29, 0.717) is 5.56 Å². The van der Waals surface area contributed by atoms with E-state index >= 15 is 0 Å². The first-order valence-corrected chi connectivity index (χ1v) is 4.84. The Balaban J connectivity index is 3.22. The lowest BCUT2D eigenvalue weighted by Crippen LogP contribution is -2.00. The van der Waals surface area contributed by atoms with Gasteiger partial charge in [0.2, 0.25) is 0 Å². The molecule has 0 aliphatic carbocycles. The van der Waals surface area contributed by atoms with Gasteiger partial charge in [-0.25, -0.2) is 4.98 Å². The van der Waals surface area contributed by atoms with Crippen LogP contribution in [-0.2, 0) is 0 Å². The molecule has 1 heterocycles. The minimum Gasteiger partial charge on any atom is -0.383 e. The monoisotopic (exact) mass is 221 g/mol. The fourth-order valence-electron chi connectivity index (χ4n) is 1.13. The van der Waals surface area contributed by atoms with Crippen LogP contribution < -0.4 is 0 Å². The van der Waals surface area contributed by atoms with Gasteiger partial charge < -0.3 is 4.90 Å². The molecule has 1 aromatic heterocycles. The molecule has 1 rings (SSSR count). The maximum atomic E-state index is 8.93. The summed E-state index contributed by atoms with van der Waals surface area (Å²) in [5.41, 5.74) is 2.02. The molecule has 1 aromatic rings. The van der Waals surface area contributed by atoms with Gasteiger partial charge in [0, 0.05) is 19.8 Å². The quantitative estimate of drug-likeness (QED) is 0.721. The molecule has 0 unspecified atom stereocenters. The van der Waals surface area contributed by atoms with Gasteiger partial charge in [0.05, 0.1) is 5.56 Å². The molecule has 0 atom stereocenters. The lowest BCUT2D eigenvalue weighted by Gasteiger charge is -2.05. The maximum Gasteiger partial charge on any atom is 0.147 e. The molecule has 4 heteroatoms. The lowest BCUT2D eigenvalue weighted by molar-refractivity contribution is 0.567. The largest absolute Gasteiger partial charge is 0.383 e. The summed E-state index contributed by atoms with van der Waals surface area (Å²) in [6.07, 6.45) is 3.71. The molecule has 0 bridgehead atoms. The third-order valence-electron chi connectivity index (χ3n) is 1.80. The Labute approximate surface area is 94.6 Å². The first-order chi connectivity index (χ1) is 7.04. The molecular formula is C11H12ClN3. The average molecular weight is 222 g/mol. The van der Waals surface area contributed by atoms with Crippen LogP contribution in [0.15, 0.2) is 12.3 Å². The fraction of sp³-hybridized carbons (Fsp3) is 0.273. The van der Waals surface area contributed by atoms with Gasteiger partial charge in [0.15, 0.2) is 0 Å². The van der Waals surface area contributed by atoms with Crippen LogP contribution in [0.25, 0.3) is 6.08 Å². The van der Waals surface area contributed by atoms with Crippen molar-refractivity contribution in [2.75, 3.05) is 14.1 Å². The van der Waals surface area contributed by atoms with Crippen molar-refractivity contribution in [2.24, 2.45) is 0 Å². The average Bonchev–Trinajstić information content (AvgIpc) is 2.13. The number of aromatic nitrogens is 1. The summed E-state index contributed by atoms with van der Waals surface area (Å²) >= 11 is 5.87. The molecule has 0 N–H and O–H groups in total. The molecular weight excluding hydrogens is 210 g/mol. The van der Waals surface area contributed by atoms with E-state index in [4.69, 9.17) is 16.9 Å². The predicted octanol–water partition coefficient (Wildman–Crippen LogP) is 2.45. The van der Waals surface area contributed by atoms with Gasteiger partial charge in [-0.15, -0.1) is 0 Å². The lowest BCUT2D eigenvalue weighted by atomic mass is 10.1. The summed E-state index contributed by atoms with van der Waals surface area (Å²) in [6.45, 7) is 1.85. The Bertz CT molecular complexity index is 430. The Kier molecular flexibility index (Phi) is 3.70. The Hall–Kier alpha value is -1.53. The van der Waals surface area contributed by atoms with Crippen LogP contribution in [-0.4, -0.2) is 24.0 Å². The number of rotatable bonds is 2. The van der Waals surface area contributed by atoms with Gasteiger partial charge in [-0.05, 0) is 30.8 Å². The molecule has 0 spiro atoms. The number of aryl methyl sites for hydroxylation is 1. The van der Waals surface area contributed by atoms with Crippen LogP contribution in [0.2, 0.25) is 5.15 Å². The SMILES string of the molecule is Cc1cc(/C=C/N(C)C)c(C#N)c(Cl)n1. The predicted molar refractivity (Wildman–Crippen MR) is 61.4 cm³/mol. The molecule has 0 saturated heterocycles. The molecule has 78 valence electrons. The molecule has 0 saturated carbocycles. The smallest absolute Gasteiger partial charge is 0.147 e. The van der Waals surface area contributed by atoms with Gasteiger partial charge in [-0.2, -0.15) is 5.26 Å². The second-order valence-corrected chi connectivity index (χ2v) is 3.77. The number of hydrogen-bond donors (Lipinski definition) is 0. The van der Waals surface area contributed by atoms with Crippen molar-refractivity contribution in [1.82, 2.24) is 9.88 Å². The zero-order valence-electron chi connectivity index (χ0n) is 8.95. The number of nitriles is 1. The number of nitrogens with zero attached hydrogens (tertiary/aromatic N) is 3. The zero-order chi connectivity index (χ0) is 11.4. The van der Waals surface area contributed by atoms with Crippen molar-refractivity contribution in [3.05, 3.63) is 34.2 Å². The standard InChI is InChI=1S/C11H12ClN3/c1-8-6-9(4-5-15(2)3)10(7-13)11(12)14-8/h4-6H,1-3H3/b5-4+. The van der Waals surface area contributed by atoms with Crippen molar-refractivity contribution >= 4 is 17.7 Å². The Morgan fingerprint density at radius 1 is 1.53 bits per heavy atom. The summed E-state index contributed by atoms with van der Waals surface area (Å²) in [4.78, 5) is 5.92. The first-order valence-electron chi connectivity index (χ1n) is 4.46. The van der Waals surface area contributed by atoms with Crippen LogP contribution in [0.4, 0.5) is 0 Å².